The normalized spacial score (nSPS) is 34.0. The maximum atomic E-state index is 12.8. The van der Waals surface area contributed by atoms with Crippen molar-refractivity contribution >= 4 is 17.5 Å². The highest BCUT2D eigenvalue weighted by Crippen LogP contribution is 2.55. The molecule has 4 bridgehead atoms. The molecule has 4 aliphatic rings. The molecule has 0 unspecified atom stereocenters. The molecule has 3 nitrogen and oxygen atoms in total. The lowest BCUT2D eigenvalue weighted by Gasteiger charge is -2.57. The SMILES string of the molecule is Cc1cc(O[C@H](C)C(=O)NC23CC4CC(CC(C4)C2)C3)cc(C)c1Cl. The van der Waals surface area contributed by atoms with Gasteiger partial charge in [-0.2, -0.15) is 0 Å². The molecule has 136 valence electrons. The fraction of sp³-hybridized carbons (Fsp3) is 0.667. The summed E-state index contributed by atoms with van der Waals surface area (Å²) in [5, 5.41) is 4.16. The number of ether oxygens (including phenoxy) is 1. The molecule has 1 aromatic carbocycles. The Morgan fingerprint density at radius 2 is 1.60 bits per heavy atom. The van der Waals surface area contributed by atoms with Crippen LogP contribution in [0, 0.1) is 31.6 Å². The van der Waals surface area contributed by atoms with Gasteiger partial charge in [0.2, 0.25) is 0 Å². The van der Waals surface area contributed by atoms with Crippen LogP contribution >= 0.6 is 11.6 Å². The maximum absolute atomic E-state index is 12.8. The zero-order chi connectivity index (χ0) is 17.8. The number of halogens is 1. The second-order valence-electron chi connectivity index (χ2n) is 8.82. The highest BCUT2D eigenvalue weighted by Gasteiger charge is 2.51. The first-order chi connectivity index (χ1) is 11.8. The average Bonchev–Trinajstić information content (AvgIpc) is 2.50. The van der Waals surface area contributed by atoms with Gasteiger partial charge < -0.3 is 10.1 Å². The minimum absolute atomic E-state index is 0.0206. The van der Waals surface area contributed by atoms with E-state index in [4.69, 9.17) is 16.3 Å². The van der Waals surface area contributed by atoms with Crippen LogP contribution in [-0.2, 0) is 4.79 Å². The molecule has 0 spiro atoms. The largest absolute Gasteiger partial charge is 0.481 e. The second kappa shape index (κ2) is 6.19. The minimum Gasteiger partial charge on any atom is -0.481 e. The van der Waals surface area contributed by atoms with Crippen molar-refractivity contribution in [3.63, 3.8) is 0 Å². The van der Waals surface area contributed by atoms with E-state index < -0.39 is 6.10 Å². The third kappa shape index (κ3) is 3.28. The fourth-order valence-corrected chi connectivity index (χ4v) is 5.97. The van der Waals surface area contributed by atoms with E-state index in [9.17, 15) is 4.79 Å². The van der Waals surface area contributed by atoms with Gasteiger partial charge >= 0.3 is 0 Å². The lowest BCUT2D eigenvalue weighted by molar-refractivity contribution is -0.133. The van der Waals surface area contributed by atoms with Crippen molar-refractivity contribution in [1.29, 1.82) is 0 Å². The molecule has 1 amide bonds. The molecular weight excluding hydrogens is 334 g/mol. The first kappa shape index (κ1) is 17.2. The van der Waals surface area contributed by atoms with Crippen LogP contribution in [0.3, 0.4) is 0 Å². The summed E-state index contributed by atoms with van der Waals surface area (Å²) in [5.41, 5.74) is 1.99. The highest BCUT2D eigenvalue weighted by atomic mass is 35.5. The number of amides is 1. The number of aryl methyl sites for hydroxylation is 2. The first-order valence-corrected chi connectivity index (χ1v) is 9.97. The van der Waals surface area contributed by atoms with Gasteiger partial charge in [0.1, 0.15) is 5.75 Å². The molecule has 4 heteroatoms. The summed E-state index contributed by atoms with van der Waals surface area (Å²) in [5.74, 6) is 3.21. The number of benzene rings is 1. The van der Waals surface area contributed by atoms with Gasteiger partial charge in [0, 0.05) is 10.6 Å². The lowest BCUT2D eigenvalue weighted by atomic mass is 9.53. The van der Waals surface area contributed by atoms with E-state index in [0.29, 0.717) is 5.75 Å². The monoisotopic (exact) mass is 361 g/mol. The van der Waals surface area contributed by atoms with Crippen LogP contribution in [-0.4, -0.2) is 17.6 Å². The van der Waals surface area contributed by atoms with Crippen molar-refractivity contribution < 1.29 is 9.53 Å². The Labute approximate surface area is 155 Å². The number of nitrogens with one attached hydrogen (secondary N) is 1. The number of carbonyl (C=O) groups excluding carboxylic acids is 1. The summed E-state index contributed by atoms with van der Waals surface area (Å²) in [4.78, 5) is 12.8. The summed E-state index contributed by atoms with van der Waals surface area (Å²) in [6.07, 6.45) is 7.14. The molecule has 4 aliphatic carbocycles. The van der Waals surface area contributed by atoms with Gasteiger partial charge in [0.25, 0.3) is 5.91 Å². The summed E-state index contributed by atoms with van der Waals surface area (Å²) in [6.45, 7) is 5.76. The Morgan fingerprint density at radius 1 is 1.12 bits per heavy atom. The van der Waals surface area contributed by atoms with E-state index in [1.54, 1.807) is 0 Å². The molecule has 0 saturated heterocycles. The second-order valence-corrected chi connectivity index (χ2v) is 9.20. The van der Waals surface area contributed by atoms with Gasteiger partial charge in [-0.15, -0.1) is 0 Å². The smallest absolute Gasteiger partial charge is 0.261 e. The molecule has 0 radical (unpaired) electrons. The van der Waals surface area contributed by atoms with Crippen molar-refractivity contribution in [2.75, 3.05) is 0 Å². The van der Waals surface area contributed by atoms with Crippen molar-refractivity contribution in [1.82, 2.24) is 5.32 Å². The molecule has 0 aromatic heterocycles. The molecule has 4 saturated carbocycles. The predicted molar refractivity (Wildman–Crippen MR) is 100 cm³/mol. The van der Waals surface area contributed by atoms with E-state index in [1.807, 2.05) is 32.9 Å². The van der Waals surface area contributed by atoms with Gasteiger partial charge in [-0.3, -0.25) is 4.79 Å². The Morgan fingerprint density at radius 3 is 2.08 bits per heavy atom. The zero-order valence-electron chi connectivity index (χ0n) is 15.4. The average molecular weight is 362 g/mol. The van der Waals surface area contributed by atoms with Crippen LogP contribution in [0.2, 0.25) is 5.02 Å². The Balaban J connectivity index is 1.43. The Kier molecular flexibility index (Phi) is 4.26. The van der Waals surface area contributed by atoms with Gasteiger partial charge in [-0.05, 0) is 100 Å². The van der Waals surface area contributed by atoms with E-state index >= 15 is 0 Å². The molecule has 0 aliphatic heterocycles. The van der Waals surface area contributed by atoms with Gasteiger partial charge in [0.05, 0.1) is 0 Å². The minimum atomic E-state index is -0.493. The molecule has 4 fully saturated rings. The van der Waals surface area contributed by atoms with Gasteiger partial charge in [0.15, 0.2) is 6.10 Å². The van der Waals surface area contributed by atoms with Crippen molar-refractivity contribution in [2.24, 2.45) is 17.8 Å². The number of hydrogen-bond donors (Lipinski definition) is 1. The first-order valence-electron chi connectivity index (χ1n) is 9.59. The third-order valence-electron chi connectivity index (χ3n) is 6.52. The van der Waals surface area contributed by atoms with Crippen LogP contribution in [0.25, 0.3) is 0 Å². The Bertz CT molecular complexity index is 641. The van der Waals surface area contributed by atoms with Crippen LogP contribution in [0.15, 0.2) is 12.1 Å². The molecule has 1 aromatic rings. The third-order valence-corrected chi connectivity index (χ3v) is 7.11. The van der Waals surface area contributed by atoms with Gasteiger partial charge in [-0.1, -0.05) is 11.6 Å². The molecular formula is C21H28ClNO2. The molecule has 0 heterocycles. The van der Waals surface area contributed by atoms with Crippen LogP contribution < -0.4 is 10.1 Å². The van der Waals surface area contributed by atoms with Crippen molar-refractivity contribution in [2.45, 2.75) is 70.9 Å². The molecule has 5 rings (SSSR count). The predicted octanol–water partition coefficient (Wildman–Crippen LogP) is 4.81. The van der Waals surface area contributed by atoms with Crippen LogP contribution in [0.4, 0.5) is 0 Å². The van der Waals surface area contributed by atoms with Crippen molar-refractivity contribution in [3.05, 3.63) is 28.3 Å². The number of rotatable bonds is 4. The molecule has 25 heavy (non-hydrogen) atoms. The molecule has 1 N–H and O–H groups in total. The Hall–Kier alpha value is -1.22. The summed E-state index contributed by atoms with van der Waals surface area (Å²) < 4.78 is 5.94. The number of carbonyl (C=O) groups is 1. The van der Waals surface area contributed by atoms with Crippen LogP contribution in [0.5, 0.6) is 5.75 Å². The summed E-state index contributed by atoms with van der Waals surface area (Å²) in [6, 6.07) is 3.81. The van der Waals surface area contributed by atoms with E-state index in [-0.39, 0.29) is 11.4 Å². The standard InChI is InChI=1S/C21H28ClNO2/c1-12-4-18(5-13(2)19(12)22)25-14(3)20(24)23-21-9-15-6-16(10-21)8-17(7-15)11-21/h4-5,14-17H,6-11H2,1-3H3,(H,23,24)/t14-,15?,16?,17?,21?/m1/s1. The lowest BCUT2D eigenvalue weighted by Crippen LogP contribution is -2.61. The molecule has 1 atom stereocenters. The van der Waals surface area contributed by atoms with Gasteiger partial charge in [-0.25, -0.2) is 0 Å². The summed E-state index contributed by atoms with van der Waals surface area (Å²) >= 11 is 6.22. The quantitative estimate of drug-likeness (QED) is 0.835. The van der Waals surface area contributed by atoms with Crippen LogP contribution in [0.1, 0.15) is 56.6 Å². The van der Waals surface area contributed by atoms with E-state index in [1.165, 1.54) is 19.3 Å². The zero-order valence-corrected chi connectivity index (χ0v) is 16.2. The van der Waals surface area contributed by atoms with E-state index in [2.05, 4.69) is 5.32 Å². The highest BCUT2D eigenvalue weighted by molar-refractivity contribution is 6.32. The summed E-state index contributed by atoms with van der Waals surface area (Å²) in [7, 11) is 0. The topological polar surface area (TPSA) is 38.3 Å². The van der Waals surface area contributed by atoms with E-state index in [0.717, 1.165) is 53.2 Å². The van der Waals surface area contributed by atoms with Crippen molar-refractivity contribution in [3.8, 4) is 5.75 Å². The number of hydrogen-bond acceptors (Lipinski definition) is 2. The maximum Gasteiger partial charge on any atom is 0.261 e. The fourth-order valence-electron chi connectivity index (χ4n) is 5.86.